The number of nitrogens with zero attached hydrogens (tertiary/aromatic N) is 3. The summed E-state index contributed by atoms with van der Waals surface area (Å²) in [5.74, 6) is 0.888. The second-order valence-corrected chi connectivity index (χ2v) is 8.42. The van der Waals surface area contributed by atoms with Gasteiger partial charge in [-0.15, -0.1) is 0 Å². The molecule has 1 aliphatic carbocycles. The minimum atomic E-state index is 0.646. The molecule has 0 N–H and O–H groups in total. The standard InChI is InChI=1S/C22H25Cl2N3/c1-3-11-27(13-15-7-8-15)14-21-19-6-4-5-18(22(19)25-26(21)2)17-10-9-16(23)12-20(17)24/h4-6,9-10,12,15H,3,7-8,11,13-14H2,1-2H3. The van der Waals surface area contributed by atoms with Crippen molar-refractivity contribution in [1.29, 1.82) is 0 Å². The molecule has 0 atom stereocenters. The van der Waals surface area contributed by atoms with Gasteiger partial charge in [0, 0.05) is 46.7 Å². The normalized spacial score (nSPS) is 14.4. The van der Waals surface area contributed by atoms with Crippen molar-refractivity contribution in [3.05, 3.63) is 52.1 Å². The van der Waals surface area contributed by atoms with Gasteiger partial charge in [-0.1, -0.05) is 54.4 Å². The Morgan fingerprint density at radius 3 is 2.67 bits per heavy atom. The summed E-state index contributed by atoms with van der Waals surface area (Å²) in [4.78, 5) is 2.58. The average Bonchev–Trinajstić information content (AvgIpc) is 3.38. The highest BCUT2D eigenvalue weighted by Gasteiger charge is 2.25. The van der Waals surface area contributed by atoms with Crippen LogP contribution in [0, 0.1) is 5.92 Å². The lowest BCUT2D eigenvalue weighted by Crippen LogP contribution is -2.27. The predicted molar refractivity (Wildman–Crippen MR) is 114 cm³/mol. The molecule has 1 aromatic heterocycles. The second-order valence-electron chi connectivity index (χ2n) is 7.57. The molecule has 27 heavy (non-hydrogen) atoms. The molecule has 142 valence electrons. The van der Waals surface area contributed by atoms with Crippen molar-refractivity contribution < 1.29 is 0 Å². The zero-order valence-electron chi connectivity index (χ0n) is 15.9. The van der Waals surface area contributed by atoms with Crippen LogP contribution in [0.1, 0.15) is 31.9 Å². The van der Waals surface area contributed by atoms with Gasteiger partial charge < -0.3 is 0 Å². The van der Waals surface area contributed by atoms with E-state index in [9.17, 15) is 0 Å². The maximum Gasteiger partial charge on any atom is 0.100 e. The summed E-state index contributed by atoms with van der Waals surface area (Å²) in [7, 11) is 2.05. The number of aromatic nitrogens is 2. The lowest BCUT2D eigenvalue weighted by atomic mass is 10.0. The Kier molecular flexibility index (Phi) is 5.45. The molecule has 3 nitrogen and oxygen atoms in total. The fraction of sp³-hybridized carbons (Fsp3) is 0.409. The first kappa shape index (κ1) is 18.8. The molecule has 0 unspecified atom stereocenters. The van der Waals surface area contributed by atoms with Crippen molar-refractivity contribution >= 4 is 34.1 Å². The van der Waals surface area contributed by atoms with E-state index >= 15 is 0 Å². The van der Waals surface area contributed by atoms with Gasteiger partial charge in [-0.3, -0.25) is 9.58 Å². The summed E-state index contributed by atoms with van der Waals surface area (Å²) in [6, 6.07) is 12.0. The molecule has 1 aliphatic rings. The van der Waals surface area contributed by atoms with Gasteiger partial charge in [0.1, 0.15) is 5.52 Å². The Bertz CT molecular complexity index is 960. The van der Waals surface area contributed by atoms with Crippen molar-refractivity contribution in [1.82, 2.24) is 14.7 Å². The molecule has 0 aliphatic heterocycles. The summed E-state index contributed by atoms with van der Waals surface area (Å²) >= 11 is 12.5. The molecule has 0 saturated heterocycles. The first-order valence-electron chi connectivity index (χ1n) is 9.69. The average molecular weight is 402 g/mol. The summed E-state index contributed by atoms with van der Waals surface area (Å²) in [6.07, 6.45) is 3.94. The smallest absolute Gasteiger partial charge is 0.100 e. The van der Waals surface area contributed by atoms with E-state index < -0.39 is 0 Å². The molecular weight excluding hydrogens is 377 g/mol. The summed E-state index contributed by atoms with van der Waals surface area (Å²) in [6.45, 7) is 5.52. The SMILES string of the molecule is CCCN(Cc1c2cccc(-c3ccc(Cl)cc3Cl)c2nn1C)CC1CC1. The van der Waals surface area contributed by atoms with Gasteiger partial charge in [0.25, 0.3) is 0 Å². The molecule has 1 fully saturated rings. The Morgan fingerprint density at radius 1 is 1.15 bits per heavy atom. The van der Waals surface area contributed by atoms with E-state index in [1.54, 1.807) is 6.07 Å². The molecule has 4 rings (SSSR count). The van der Waals surface area contributed by atoms with E-state index in [2.05, 4.69) is 30.0 Å². The number of fused-ring (bicyclic) bond motifs is 1. The molecule has 1 saturated carbocycles. The molecule has 3 aromatic rings. The van der Waals surface area contributed by atoms with E-state index in [1.807, 2.05) is 23.9 Å². The summed E-state index contributed by atoms with van der Waals surface area (Å²) in [5.41, 5.74) is 4.30. The van der Waals surface area contributed by atoms with Crippen LogP contribution in [-0.2, 0) is 13.6 Å². The van der Waals surface area contributed by atoms with Crippen molar-refractivity contribution in [2.45, 2.75) is 32.7 Å². The third-order valence-corrected chi connectivity index (χ3v) is 5.88. The van der Waals surface area contributed by atoms with Crippen LogP contribution >= 0.6 is 23.2 Å². The highest BCUT2D eigenvalue weighted by Crippen LogP contribution is 2.36. The van der Waals surface area contributed by atoms with Gasteiger partial charge in [0.05, 0.1) is 5.69 Å². The molecule has 0 bridgehead atoms. The van der Waals surface area contributed by atoms with E-state index in [0.29, 0.717) is 10.0 Å². The Labute approximate surface area is 170 Å². The van der Waals surface area contributed by atoms with Crippen LogP contribution in [0.3, 0.4) is 0 Å². The van der Waals surface area contributed by atoms with Crippen LogP contribution in [0.2, 0.25) is 10.0 Å². The van der Waals surface area contributed by atoms with Crippen LogP contribution < -0.4 is 0 Å². The van der Waals surface area contributed by atoms with Crippen molar-refractivity contribution in [3.63, 3.8) is 0 Å². The summed E-state index contributed by atoms with van der Waals surface area (Å²) in [5, 5.41) is 7.37. The van der Waals surface area contributed by atoms with E-state index in [1.165, 1.54) is 36.9 Å². The monoisotopic (exact) mass is 401 g/mol. The fourth-order valence-corrected chi connectivity index (χ4v) is 4.32. The Hall–Kier alpha value is -1.55. The Balaban J connectivity index is 1.73. The Morgan fingerprint density at radius 2 is 1.96 bits per heavy atom. The largest absolute Gasteiger partial charge is 0.297 e. The highest BCUT2D eigenvalue weighted by molar-refractivity contribution is 6.36. The minimum Gasteiger partial charge on any atom is -0.297 e. The van der Waals surface area contributed by atoms with Gasteiger partial charge >= 0.3 is 0 Å². The lowest BCUT2D eigenvalue weighted by Gasteiger charge is -2.21. The molecule has 0 spiro atoms. The maximum absolute atomic E-state index is 6.47. The van der Waals surface area contributed by atoms with Crippen molar-refractivity contribution in [3.8, 4) is 11.1 Å². The number of benzene rings is 2. The van der Waals surface area contributed by atoms with Crippen molar-refractivity contribution in [2.24, 2.45) is 13.0 Å². The first-order valence-corrected chi connectivity index (χ1v) is 10.4. The first-order chi connectivity index (χ1) is 13.1. The van der Waals surface area contributed by atoms with Gasteiger partial charge in [-0.05, 0) is 43.9 Å². The predicted octanol–water partition coefficient (Wildman–Crippen LogP) is 6.17. The van der Waals surface area contributed by atoms with Crippen LogP contribution in [0.5, 0.6) is 0 Å². The molecule has 0 radical (unpaired) electrons. The van der Waals surface area contributed by atoms with Crippen LogP contribution in [0.15, 0.2) is 36.4 Å². The van der Waals surface area contributed by atoms with Gasteiger partial charge in [0.15, 0.2) is 0 Å². The number of aryl methyl sites for hydroxylation is 1. The summed E-state index contributed by atoms with van der Waals surface area (Å²) < 4.78 is 2.04. The number of hydrogen-bond donors (Lipinski definition) is 0. The van der Waals surface area contributed by atoms with Crippen LogP contribution in [-0.4, -0.2) is 27.8 Å². The molecular formula is C22H25Cl2N3. The van der Waals surface area contributed by atoms with Crippen LogP contribution in [0.25, 0.3) is 22.0 Å². The van der Waals surface area contributed by atoms with Gasteiger partial charge in [-0.25, -0.2) is 0 Å². The molecule has 1 heterocycles. The topological polar surface area (TPSA) is 21.1 Å². The molecule has 0 amide bonds. The fourth-order valence-electron chi connectivity index (χ4n) is 3.81. The number of rotatable bonds is 7. The van der Waals surface area contributed by atoms with Crippen LogP contribution in [0.4, 0.5) is 0 Å². The quantitative estimate of drug-likeness (QED) is 0.471. The van der Waals surface area contributed by atoms with Gasteiger partial charge in [0.2, 0.25) is 0 Å². The van der Waals surface area contributed by atoms with E-state index in [-0.39, 0.29) is 0 Å². The second kappa shape index (κ2) is 7.83. The maximum atomic E-state index is 6.47. The molecule has 5 heteroatoms. The van der Waals surface area contributed by atoms with E-state index in [0.717, 1.165) is 35.7 Å². The lowest BCUT2D eigenvalue weighted by molar-refractivity contribution is 0.249. The highest BCUT2D eigenvalue weighted by atomic mass is 35.5. The third kappa shape index (κ3) is 4.01. The third-order valence-electron chi connectivity index (χ3n) is 5.34. The minimum absolute atomic E-state index is 0.646. The van der Waals surface area contributed by atoms with Crippen molar-refractivity contribution in [2.75, 3.05) is 13.1 Å². The number of halogens is 2. The zero-order valence-corrected chi connectivity index (χ0v) is 17.4. The van der Waals surface area contributed by atoms with E-state index in [4.69, 9.17) is 28.3 Å². The zero-order chi connectivity index (χ0) is 19.0. The number of hydrogen-bond acceptors (Lipinski definition) is 2. The molecule has 2 aromatic carbocycles. The van der Waals surface area contributed by atoms with Gasteiger partial charge in [-0.2, -0.15) is 5.10 Å².